The number of carbonyl (C=O) groups excluding carboxylic acids is 1. The van der Waals surface area contributed by atoms with Crippen LogP contribution >= 0.6 is 11.3 Å². The molecule has 26 heavy (non-hydrogen) atoms. The van der Waals surface area contributed by atoms with Crippen molar-refractivity contribution in [1.82, 2.24) is 4.90 Å². The molecule has 0 saturated carbocycles. The SMILES string of the molecule is Cc1ccsc1CN(C(=O)O[C@H]1CN2CCC1CC2)c1cccc(F)c1. The van der Waals surface area contributed by atoms with E-state index in [0.717, 1.165) is 42.9 Å². The minimum absolute atomic E-state index is 0.0644. The fourth-order valence-electron chi connectivity index (χ4n) is 3.85. The first-order valence-electron chi connectivity index (χ1n) is 9.09. The number of benzene rings is 1. The first kappa shape index (κ1) is 17.5. The van der Waals surface area contributed by atoms with Crippen LogP contribution in [-0.4, -0.2) is 36.7 Å². The number of ether oxygens (including phenoxy) is 1. The summed E-state index contributed by atoms with van der Waals surface area (Å²) in [6.45, 7) is 5.42. The van der Waals surface area contributed by atoms with Gasteiger partial charge in [0.05, 0.1) is 12.2 Å². The zero-order valence-corrected chi connectivity index (χ0v) is 15.7. The van der Waals surface area contributed by atoms with Gasteiger partial charge in [-0.2, -0.15) is 0 Å². The summed E-state index contributed by atoms with van der Waals surface area (Å²) in [7, 11) is 0. The van der Waals surface area contributed by atoms with E-state index in [1.807, 2.05) is 18.4 Å². The van der Waals surface area contributed by atoms with Crippen LogP contribution in [0.2, 0.25) is 0 Å². The van der Waals surface area contributed by atoms with Crippen molar-refractivity contribution in [3.63, 3.8) is 0 Å². The summed E-state index contributed by atoms with van der Waals surface area (Å²) in [5.74, 6) is 0.0906. The molecule has 1 aromatic carbocycles. The predicted molar refractivity (Wildman–Crippen MR) is 101 cm³/mol. The van der Waals surface area contributed by atoms with E-state index in [4.69, 9.17) is 4.74 Å². The molecular weight excluding hydrogens is 351 g/mol. The number of hydrogen-bond acceptors (Lipinski definition) is 4. The topological polar surface area (TPSA) is 32.8 Å². The quantitative estimate of drug-likeness (QED) is 0.793. The van der Waals surface area contributed by atoms with Crippen LogP contribution in [0.1, 0.15) is 23.3 Å². The molecule has 138 valence electrons. The molecule has 4 nitrogen and oxygen atoms in total. The average molecular weight is 374 g/mol. The molecule has 0 radical (unpaired) electrons. The molecular formula is C20H23FN2O2S. The van der Waals surface area contributed by atoms with E-state index in [2.05, 4.69) is 4.90 Å². The van der Waals surface area contributed by atoms with E-state index in [-0.39, 0.29) is 18.0 Å². The monoisotopic (exact) mass is 374 g/mol. The van der Waals surface area contributed by atoms with E-state index in [1.165, 1.54) is 12.1 Å². The van der Waals surface area contributed by atoms with Crippen LogP contribution < -0.4 is 4.90 Å². The summed E-state index contributed by atoms with van der Waals surface area (Å²) in [5, 5.41) is 2.01. The molecule has 0 N–H and O–H groups in total. The lowest BCUT2D eigenvalue weighted by Crippen LogP contribution is -2.53. The molecule has 0 unspecified atom stereocenters. The Hall–Kier alpha value is -1.92. The van der Waals surface area contributed by atoms with Crippen molar-refractivity contribution in [2.24, 2.45) is 5.92 Å². The molecule has 4 heterocycles. The molecule has 3 aliphatic heterocycles. The number of nitrogens with zero attached hydrogens (tertiary/aromatic N) is 2. The van der Waals surface area contributed by atoms with Gasteiger partial charge in [-0.3, -0.25) is 9.80 Å². The molecule has 6 heteroatoms. The van der Waals surface area contributed by atoms with E-state index in [9.17, 15) is 9.18 Å². The van der Waals surface area contributed by atoms with E-state index < -0.39 is 0 Å². The molecule has 5 rings (SSSR count). The van der Waals surface area contributed by atoms with E-state index in [1.54, 1.807) is 28.4 Å². The van der Waals surface area contributed by atoms with Crippen molar-refractivity contribution in [2.45, 2.75) is 32.4 Å². The highest BCUT2D eigenvalue weighted by Crippen LogP contribution is 2.31. The number of amides is 1. The number of halogens is 1. The Labute approximate surface area is 157 Å². The Morgan fingerprint density at radius 1 is 1.35 bits per heavy atom. The number of fused-ring (bicyclic) bond motifs is 3. The molecule has 1 atom stereocenters. The summed E-state index contributed by atoms with van der Waals surface area (Å²) in [6.07, 6.45) is 1.72. The largest absolute Gasteiger partial charge is 0.444 e. The summed E-state index contributed by atoms with van der Waals surface area (Å²) in [6, 6.07) is 8.18. The minimum atomic E-state index is -0.387. The first-order chi connectivity index (χ1) is 12.6. The standard InChI is InChI=1S/C20H23FN2O2S/c1-14-7-10-26-19(14)13-23(17-4-2-3-16(21)11-17)20(24)25-18-12-22-8-5-15(18)6-9-22/h2-4,7,10-11,15,18H,5-6,8-9,12-13H2,1H3/t18-/m0/s1. The third-order valence-electron chi connectivity index (χ3n) is 5.46. The number of thiophene rings is 1. The normalized spacial score (nSPS) is 24.5. The second-order valence-electron chi connectivity index (χ2n) is 7.15. The highest BCUT2D eigenvalue weighted by Gasteiger charge is 2.37. The number of piperidine rings is 3. The van der Waals surface area contributed by atoms with Crippen molar-refractivity contribution in [2.75, 3.05) is 24.5 Å². The lowest BCUT2D eigenvalue weighted by Gasteiger charge is -2.44. The number of carbonyl (C=O) groups is 1. The van der Waals surface area contributed by atoms with Crippen molar-refractivity contribution in [3.8, 4) is 0 Å². The van der Waals surface area contributed by atoms with Gasteiger partial charge in [-0.15, -0.1) is 11.3 Å². The maximum Gasteiger partial charge on any atom is 0.414 e. The third kappa shape index (κ3) is 3.62. The van der Waals surface area contributed by atoms with Crippen LogP contribution in [0, 0.1) is 18.7 Å². The second-order valence-corrected chi connectivity index (χ2v) is 8.15. The fraction of sp³-hybridized carbons (Fsp3) is 0.450. The molecule has 0 spiro atoms. The predicted octanol–water partition coefficient (Wildman–Crippen LogP) is 4.43. The van der Waals surface area contributed by atoms with Crippen molar-refractivity contribution in [3.05, 3.63) is 52.0 Å². The highest BCUT2D eigenvalue weighted by molar-refractivity contribution is 7.10. The van der Waals surface area contributed by atoms with Gasteiger partial charge in [0.1, 0.15) is 11.9 Å². The molecule has 2 aromatic rings. The summed E-state index contributed by atoms with van der Waals surface area (Å²) < 4.78 is 19.6. The van der Waals surface area contributed by atoms with Gasteiger partial charge < -0.3 is 4.74 Å². The van der Waals surface area contributed by atoms with Gasteiger partial charge in [-0.05, 0) is 74.0 Å². The Kier molecular flexibility index (Phi) is 4.96. The van der Waals surface area contributed by atoms with Crippen LogP contribution in [0.15, 0.2) is 35.7 Å². The molecule has 0 aliphatic carbocycles. The van der Waals surface area contributed by atoms with Crippen molar-refractivity contribution >= 4 is 23.1 Å². The summed E-state index contributed by atoms with van der Waals surface area (Å²) >= 11 is 1.60. The molecule has 2 bridgehead atoms. The molecule has 1 amide bonds. The van der Waals surface area contributed by atoms with Crippen LogP contribution in [-0.2, 0) is 11.3 Å². The maximum absolute atomic E-state index is 13.7. The Morgan fingerprint density at radius 3 is 2.77 bits per heavy atom. The van der Waals surface area contributed by atoms with Gasteiger partial charge in [0.2, 0.25) is 0 Å². The second kappa shape index (κ2) is 7.37. The molecule has 3 aliphatic rings. The van der Waals surface area contributed by atoms with Gasteiger partial charge in [-0.1, -0.05) is 6.07 Å². The van der Waals surface area contributed by atoms with Gasteiger partial charge in [-0.25, -0.2) is 9.18 Å². The molecule has 1 aromatic heterocycles. The first-order valence-corrected chi connectivity index (χ1v) is 9.97. The zero-order valence-electron chi connectivity index (χ0n) is 14.9. The Bertz CT molecular complexity index is 786. The van der Waals surface area contributed by atoms with Crippen molar-refractivity contribution < 1.29 is 13.9 Å². The number of rotatable bonds is 4. The number of anilines is 1. The summed E-state index contributed by atoms with van der Waals surface area (Å²) in [5.41, 5.74) is 1.66. The fourth-order valence-corrected chi connectivity index (χ4v) is 4.75. The molecule has 3 saturated heterocycles. The zero-order chi connectivity index (χ0) is 18.1. The minimum Gasteiger partial charge on any atom is -0.444 e. The van der Waals surface area contributed by atoms with Gasteiger partial charge >= 0.3 is 6.09 Å². The van der Waals surface area contributed by atoms with Crippen LogP contribution in [0.3, 0.4) is 0 Å². The van der Waals surface area contributed by atoms with Crippen LogP contribution in [0.4, 0.5) is 14.9 Å². The van der Waals surface area contributed by atoms with Crippen molar-refractivity contribution in [1.29, 1.82) is 0 Å². The van der Waals surface area contributed by atoms with Gasteiger partial charge in [0.25, 0.3) is 0 Å². The van der Waals surface area contributed by atoms with Crippen LogP contribution in [0.5, 0.6) is 0 Å². The summed E-state index contributed by atoms with van der Waals surface area (Å²) in [4.78, 5) is 18.0. The van der Waals surface area contributed by atoms with E-state index >= 15 is 0 Å². The van der Waals surface area contributed by atoms with Crippen LogP contribution in [0.25, 0.3) is 0 Å². The van der Waals surface area contributed by atoms with E-state index in [0.29, 0.717) is 18.2 Å². The lowest BCUT2D eigenvalue weighted by molar-refractivity contribution is -0.0311. The highest BCUT2D eigenvalue weighted by atomic mass is 32.1. The third-order valence-corrected chi connectivity index (χ3v) is 6.47. The Balaban J connectivity index is 1.55. The average Bonchev–Trinajstić information content (AvgIpc) is 3.05. The number of hydrogen-bond donors (Lipinski definition) is 0. The number of aryl methyl sites for hydroxylation is 1. The Morgan fingerprint density at radius 2 is 2.15 bits per heavy atom. The van der Waals surface area contributed by atoms with Gasteiger partial charge in [0.15, 0.2) is 0 Å². The maximum atomic E-state index is 13.7. The smallest absolute Gasteiger partial charge is 0.414 e. The lowest BCUT2D eigenvalue weighted by atomic mass is 9.86. The van der Waals surface area contributed by atoms with Gasteiger partial charge in [0, 0.05) is 11.4 Å². The molecule has 3 fully saturated rings.